The lowest BCUT2D eigenvalue weighted by Gasteiger charge is -2.19. The van der Waals surface area contributed by atoms with E-state index in [0.717, 1.165) is 43.6 Å². The molecule has 0 radical (unpaired) electrons. The average molecular weight is 475 g/mol. The van der Waals surface area contributed by atoms with E-state index in [-0.39, 0.29) is 28.4 Å². The minimum atomic E-state index is -3.39. The molecule has 8 nitrogen and oxygen atoms in total. The maximum Gasteiger partial charge on any atom is 0.345 e. The molecule has 9 heteroatoms. The van der Waals surface area contributed by atoms with Gasteiger partial charge in [0.05, 0.1) is 22.8 Å². The molecule has 0 N–H and O–H groups in total. The highest BCUT2D eigenvalue weighted by atomic mass is 32.2. The van der Waals surface area contributed by atoms with Crippen LogP contribution >= 0.6 is 0 Å². The lowest BCUT2D eigenvalue weighted by atomic mass is 10.1. The van der Waals surface area contributed by atoms with Gasteiger partial charge in [0.2, 0.25) is 0 Å². The van der Waals surface area contributed by atoms with Crippen LogP contribution in [0.1, 0.15) is 72.2 Å². The zero-order chi connectivity index (χ0) is 24.0. The first-order chi connectivity index (χ1) is 15.8. The number of nitrogens with zero attached hydrogens (tertiary/aromatic N) is 2. The van der Waals surface area contributed by atoms with E-state index >= 15 is 0 Å². The topological polar surface area (TPSA) is 108 Å². The van der Waals surface area contributed by atoms with Gasteiger partial charge >= 0.3 is 5.97 Å². The molecule has 2 heterocycles. The Morgan fingerprint density at radius 3 is 2.58 bits per heavy atom. The van der Waals surface area contributed by atoms with Gasteiger partial charge in [-0.3, -0.25) is 4.79 Å². The van der Waals surface area contributed by atoms with E-state index in [1.807, 2.05) is 0 Å². The predicted octanol–water partition coefficient (Wildman–Crippen LogP) is 3.44. The monoisotopic (exact) mass is 474 g/mol. The van der Waals surface area contributed by atoms with E-state index < -0.39 is 21.7 Å². The van der Waals surface area contributed by atoms with Crippen molar-refractivity contribution in [1.29, 1.82) is 0 Å². The fourth-order valence-electron chi connectivity index (χ4n) is 3.98. The van der Waals surface area contributed by atoms with Crippen LogP contribution in [-0.4, -0.2) is 39.2 Å². The van der Waals surface area contributed by atoms with Crippen LogP contribution in [0.4, 0.5) is 5.69 Å². The highest BCUT2D eigenvalue weighted by Crippen LogP contribution is 2.32. The van der Waals surface area contributed by atoms with Crippen molar-refractivity contribution in [1.82, 2.24) is 0 Å². The van der Waals surface area contributed by atoms with Crippen LogP contribution in [-0.2, 0) is 21.0 Å². The van der Waals surface area contributed by atoms with Gasteiger partial charge in [-0.25, -0.2) is 13.2 Å². The van der Waals surface area contributed by atoms with Gasteiger partial charge in [-0.1, -0.05) is 32.6 Å². The summed E-state index contributed by atoms with van der Waals surface area (Å²) in [5, 5.41) is 11.7. The van der Waals surface area contributed by atoms with E-state index in [1.54, 1.807) is 19.1 Å². The van der Waals surface area contributed by atoms with Crippen molar-refractivity contribution in [2.24, 2.45) is 0 Å². The summed E-state index contributed by atoms with van der Waals surface area (Å²) in [4.78, 5) is 27.3. The molecule has 1 amide bonds. The molecular formula is C24H30N2O6S. The summed E-state index contributed by atoms with van der Waals surface area (Å²) in [6, 6.07) is 6.13. The largest absolute Gasteiger partial charge is 0.619 e. The maximum absolute atomic E-state index is 13.2. The predicted molar refractivity (Wildman–Crippen MR) is 124 cm³/mol. The summed E-state index contributed by atoms with van der Waals surface area (Å²) < 4.78 is 30.9. The quantitative estimate of drug-likeness (QED) is 0.226. The summed E-state index contributed by atoms with van der Waals surface area (Å²) in [6.07, 6.45) is 7.46. The molecule has 1 aliphatic rings. The van der Waals surface area contributed by atoms with Crippen molar-refractivity contribution in [2.45, 2.75) is 57.3 Å². The maximum atomic E-state index is 13.2. The van der Waals surface area contributed by atoms with Crippen molar-refractivity contribution in [3.8, 4) is 0 Å². The second kappa shape index (κ2) is 10.8. The molecule has 0 aliphatic carbocycles. The van der Waals surface area contributed by atoms with Gasteiger partial charge in [0.1, 0.15) is 5.56 Å². The molecule has 33 heavy (non-hydrogen) atoms. The molecule has 0 spiro atoms. The third kappa shape index (κ3) is 5.71. The fraction of sp³-hybridized carbons (Fsp3) is 0.458. The molecule has 0 unspecified atom stereocenters. The normalized spacial score (nSPS) is 13.1. The number of carbonyl (C=O) groups is 2. The second-order valence-electron chi connectivity index (χ2n) is 8.08. The summed E-state index contributed by atoms with van der Waals surface area (Å²) in [5.74, 6) is -1.07. The van der Waals surface area contributed by atoms with E-state index in [2.05, 4.69) is 6.92 Å². The number of amides is 1. The average Bonchev–Trinajstić information content (AvgIpc) is 3.22. The Morgan fingerprint density at radius 1 is 1.09 bits per heavy atom. The molecule has 1 aromatic carbocycles. The van der Waals surface area contributed by atoms with E-state index in [1.165, 1.54) is 17.0 Å². The van der Waals surface area contributed by atoms with Crippen molar-refractivity contribution < 1.29 is 27.5 Å². The summed E-state index contributed by atoms with van der Waals surface area (Å²) in [6.45, 7) is 4.22. The number of ether oxygens (including phenoxy) is 1. The zero-order valence-corrected chi connectivity index (χ0v) is 19.9. The highest BCUT2D eigenvalue weighted by molar-refractivity contribution is 7.91. The number of pyridine rings is 1. The Kier molecular flexibility index (Phi) is 8.07. The van der Waals surface area contributed by atoms with Crippen molar-refractivity contribution in [3.05, 3.63) is 58.6 Å². The van der Waals surface area contributed by atoms with Crippen LogP contribution in [0.2, 0.25) is 0 Å². The molecule has 1 aliphatic heterocycles. The number of sulfone groups is 1. The number of fused-ring (bicyclic) bond motifs is 1. The van der Waals surface area contributed by atoms with Gasteiger partial charge < -0.3 is 14.8 Å². The Bertz CT molecular complexity index is 1130. The van der Waals surface area contributed by atoms with Crippen LogP contribution in [0.3, 0.4) is 0 Å². The standard InChI is InChI=1S/C24H30N2O6S/c1-3-5-6-7-8-15-33(30,31)19-9-10-22-18(16-19)11-14-26(22)23(27)20-12-13-25(29)17-21(20)24(28)32-4-2/h9-10,12-13,16-17H,3-8,11,14-15H2,1-2H3. The summed E-state index contributed by atoms with van der Waals surface area (Å²) in [7, 11) is -3.39. The number of unbranched alkanes of at least 4 members (excludes halogenated alkanes) is 4. The first kappa shape index (κ1) is 24.7. The summed E-state index contributed by atoms with van der Waals surface area (Å²) >= 11 is 0. The minimum Gasteiger partial charge on any atom is -0.619 e. The zero-order valence-electron chi connectivity index (χ0n) is 19.1. The van der Waals surface area contributed by atoms with Gasteiger partial charge in [-0.05, 0) is 43.5 Å². The first-order valence-electron chi connectivity index (χ1n) is 11.4. The molecule has 0 fully saturated rings. The fourth-order valence-corrected chi connectivity index (χ4v) is 5.39. The molecule has 2 aromatic rings. The molecule has 3 rings (SSSR count). The Hall–Kier alpha value is -2.94. The minimum absolute atomic E-state index is 0.0668. The molecule has 178 valence electrons. The van der Waals surface area contributed by atoms with Crippen LogP contribution in [0.5, 0.6) is 0 Å². The first-order valence-corrected chi connectivity index (χ1v) is 13.0. The molecule has 0 atom stereocenters. The lowest BCUT2D eigenvalue weighted by Crippen LogP contribution is -2.34. The van der Waals surface area contributed by atoms with Gasteiger partial charge in [-0.2, -0.15) is 4.73 Å². The molecule has 1 aromatic heterocycles. The third-order valence-corrected chi connectivity index (χ3v) is 7.53. The molecule has 0 saturated heterocycles. The molecular weight excluding hydrogens is 444 g/mol. The third-order valence-electron chi connectivity index (χ3n) is 5.73. The number of benzene rings is 1. The molecule has 0 saturated carbocycles. The van der Waals surface area contributed by atoms with Crippen molar-refractivity contribution in [2.75, 3.05) is 23.8 Å². The van der Waals surface area contributed by atoms with Crippen LogP contribution < -0.4 is 9.63 Å². The Labute approximate surface area is 194 Å². The number of hydrogen-bond donors (Lipinski definition) is 0. The lowest BCUT2D eigenvalue weighted by molar-refractivity contribution is -0.605. The van der Waals surface area contributed by atoms with Crippen molar-refractivity contribution in [3.63, 3.8) is 0 Å². The van der Waals surface area contributed by atoms with Crippen LogP contribution in [0, 0.1) is 5.21 Å². The Morgan fingerprint density at radius 2 is 1.85 bits per heavy atom. The Balaban J connectivity index is 1.80. The highest BCUT2D eigenvalue weighted by Gasteiger charge is 2.31. The van der Waals surface area contributed by atoms with Gasteiger partial charge in [-0.15, -0.1) is 0 Å². The number of esters is 1. The SMILES string of the molecule is CCCCCCCS(=O)(=O)c1ccc2c(c1)CCN2C(=O)c1cc[n+]([O-])cc1C(=O)OCC. The van der Waals surface area contributed by atoms with E-state index in [9.17, 15) is 23.2 Å². The number of aromatic nitrogens is 1. The van der Waals surface area contributed by atoms with E-state index in [0.29, 0.717) is 29.8 Å². The number of hydrogen-bond acceptors (Lipinski definition) is 6. The number of rotatable bonds is 10. The van der Waals surface area contributed by atoms with Gasteiger partial charge in [0.25, 0.3) is 5.91 Å². The van der Waals surface area contributed by atoms with Crippen molar-refractivity contribution >= 4 is 27.4 Å². The van der Waals surface area contributed by atoms with Gasteiger partial charge in [0.15, 0.2) is 22.2 Å². The van der Waals surface area contributed by atoms with Gasteiger partial charge in [0, 0.05) is 18.3 Å². The summed E-state index contributed by atoms with van der Waals surface area (Å²) in [5.41, 5.74) is 1.34. The van der Waals surface area contributed by atoms with Crippen LogP contribution in [0.25, 0.3) is 0 Å². The smallest absolute Gasteiger partial charge is 0.345 e. The second-order valence-corrected chi connectivity index (χ2v) is 10.2. The number of anilines is 1. The van der Waals surface area contributed by atoms with Crippen LogP contribution in [0.15, 0.2) is 41.6 Å². The number of carbonyl (C=O) groups excluding carboxylic acids is 2. The molecule has 0 bridgehead atoms. The van der Waals surface area contributed by atoms with E-state index in [4.69, 9.17) is 4.74 Å².